The SMILES string of the molecule is Cc1ccc(N(CC(=O)NCc2ccccc2-n2ccnc2C)S(C)(=O)=O)c(C)c1. The van der Waals surface area contributed by atoms with Gasteiger partial charge in [-0.3, -0.25) is 9.10 Å². The number of rotatable bonds is 7. The van der Waals surface area contributed by atoms with Crippen LogP contribution in [0.4, 0.5) is 5.69 Å². The molecule has 0 aliphatic carbocycles. The summed E-state index contributed by atoms with van der Waals surface area (Å²) in [6.07, 6.45) is 4.69. The van der Waals surface area contributed by atoms with E-state index in [1.165, 1.54) is 0 Å². The predicted octanol–water partition coefficient (Wildman–Crippen LogP) is 2.88. The fourth-order valence-corrected chi connectivity index (χ4v) is 4.29. The monoisotopic (exact) mass is 426 g/mol. The Bertz CT molecular complexity index is 1170. The van der Waals surface area contributed by atoms with E-state index in [0.29, 0.717) is 5.69 Å². The summed E-state index contributed by atoms with van der Waals surface area (Å²) in [6.45, 7) is 5.67. The van der Waals surface area contributed by atoms with Crippen LogP contribution >= 0.6 is 0 Å². The fraction of sp³-hybridized carbons (Fsp3) is 0.273. The number of nitrogens with one attached hydrogen (secondary N) is 1. The van der Waals surface area contributed by atoms with Crippen molar-refractivity contribution >= 4 is 21.6 Å². The van der Waals surface area contributed by atoms with Gasteiger partial charge in [-0.25, -0.2) is 13.4 Å². The second kappa shape index (κ2) is 8.71. The number of para-hydroxylation sites is 1. The molecule has 1 amide bonds. The zero-order chi connectivity index (χ0) is 21.9. The van der Waals surface area contributed by atoms with Gasteiger partial charge in [0.2, 0.25) is 15.9 Å². The zero-order valence-corrected chi connectivity index (χ0v) is 18.4. The molecule has 0 radical (unpaired) electrons. The molecule has 3 aromatic rings. The topological polar surface area (TPSA) is 84.3 Å². The van der Waals surface area contributed by atoms with Gasteiger partial charge in [0, 0.05) is 18.9 Å². The van der Waals surface area contributed by atoms with Crippen molar-refractivity contribution in [2.75, 3.05) is 17.1 Å². The van der Waals surface area contributed by atoms with E-state index >= 15 is 0 Å². The van der Waals surface area contributed by atoms with Crippen LogP contribution in [0.5, 0.6) is 0 Å². The van der Waals surface area contributed by atoms with Crippen LogP contribution in [0.2, 0.25) is 0 Å². The number of sulfonamides is 1. The lowest BCUT2D eigenvalue weighted by Gasteiger charge is -2.24. The van der Waals surface area contributed by atoms with Crippen LogP contribution in [0.25, 0.3) is 5.69 Å². The smallest absolute Gasteiger partial charge is 0.241 e. The summed E-state index contributed by atoms with van der Waals surface area (Å²) in [5.41, 5.74) is 4.16. The Morgan fingerprint density at radius 1 is 1.13 bits per heavy atom. The number of aryl methyl sites for hydroxylation is 3. The Morgan fingerprint density at radius 2 is 1.87 bits per heavy atom. The van der Waals surface area contributed by atoms with Crippen molar-refractivity contribution < 1.29 is 13.2 Å². The molecular weight excluding hydrogens is 400 g/mol. The number of benzene rings is 2. The van der Waals surface area contributed by atoms with E-state index in [1.54, 1.807) is 12.3 Å². The molecular formula is C22H26N4O3S. The first kappa shape index (κ1) is 21.6. The van der Waals surface area contributed by atoms with Crippen molar-refractivity contribution in [3.8, 4) is 5.69 Å². The molecule has 8 heteroatoms. The highest BCUT2D eigenvalue weighted by Gasteiger charge is 2.22. The molecule has 1 heterocycles. The molecule has 0 aliphatic rings. The molecule has 158 valence electrons. The van der Waals surface area contributed by atoms with Gasteiger partial charge in [0.25, 0.3) is 0 Å². The zero-order valence-electron chi connectivity index (χ0n) is 17.6. The molecule has 1 aromatic heterocycles. The Kier molecular flexibility index (Phi) is 6.26. The number of carbonyl (C=O) groups excluding carboxylic acids is 1. The van der Waals surface area contributed by atoms with Crippen LogP contribution in [0.1, 0.15) is 22.5 Å². The summed E-state index contributed by atoms with van der Waals surface area (Å²) >= 11 is 0. The molecule has 2 aromatic carbocycles. The van der Waals surface area contributed by atoms with E-state index in [1.807, 2.05) is 67.9 Å². The summed E-state index contributed by atoms with van der Waals surface area (Å²) in [5.74, 6) is 0.462. The Labute approximate surface area is 177 Å². The van der Waals surface area contributed by atoms with Gasteiger partial charge in [-0.2, -0.15) is 0 Å². The Balaban J connectivity index is 1.77. The van der Waals surface area contributed by atoms with Gasteiger partial charge >= 0.3 is 0 Å². The standard InChI is InChI=1S/C22H26N4O3S/c1-16-9-10-20(17(2)13-16)26(30(4,28)29)15-22(27)24-14-19-7-5-6-8-21(19)25-12-11-23-18(25)3/h5-13H,14-15H2,1-4H3,(H,24,27). The second-order valence-electron chi connectivity index (χ2n) is 7.31. The molecule has 0 aliphatic heterocycles. The average Bonchev–Trinajstić information content (AvgIpc) is 3.10. The lowest BCUT2D eigenvalue weighted by Crippen LogP contribution is -2.40. The first-order valence-electron chi connectivity index (χ1n) is 9.56. The highest BCUT2D eigenvalue weighted by molar-refractivity contribution is 7.92. The maximum atomic E-state index is 12.7. The number of amides is 1. The maximum Gasteiger partial charge on any atom is 0.241 e. The van der Waals surface area contributed by atoms with Crippen LogP contribution in [-0.2, 0) is 21.4 Å². The highest BCUT2D eigenvalue weighted by Crippen LogP contribution is 2.23. The van der Waals surface area contributed by atoms with Crippen molar-refractivity contribution in [3.63, 3.8) is 0 Å². The molecule has 0 unspecified atom stereocenters. The molecule has 0 bridgehead atoms. The molecule has 0 spiro atoms. The summed E-state index contributed by atoms with van der Waals surface area (Å²) in [7, 11) is -3.62. The summed E-state index contributed by atoms with van der Waals surface area (Å²) in [5, 5.41) is 2.85. The third kappa shape index (κ3) is 4.88. The fourth-order valence-electron chi connectivity index (χ4n) is 3.37. The van der Waals surface area contributed by atoms with Crippen LogP contribution in [0.3, 0.4) is 0 Å². The van der Waals surface area contributed by atoms with Gasteiger partial charge in [0.05, 0.1) is 17.6 Å². The van der Waals surface area contributed by atoms with Crippen molar-refractivity contribution in [1.29, 1.82) is 0 Å². The molecule has 1 N–H and O–H groups in total. The number of anilines is 1. The predicted molar refractivity (Wildman–Crippen MR) is 118 cm³/mol. The van der Waals surface area contributed by atoms with Crippen molar-refractivity contribution in [3.05, 3.63) is 77.4 Å². The Morgan fingerprint density at radius 3 is 2.50 bits per heavy atom. The van der Waals surface area contributed by atoms with Crippen molar-refractivity contribution in [2.45, 2.75) is 27.3 Å². The minimum absolute atomic E-state index is 0.275. The summed E-state index contributed by atoms with van der Waals surface area (Å²) in [4.78, 5) is 16.9. The molecule has 3 rings (SSSR count). The molecule has 0 fully saturated rings. The molecule has 0 atom stereocenters. The van der Waals surface area contributed by atoms with Gasteiger partial charge in [-0.05, 0) is 44.0 Å². The largest absolute Gasteiger partial charge is 0.350 e. The normalized spacial score (nSPS) is 11.3. The minimum Gasteiger partial charge on any atom is -0.350 e. The average molecular weight is 427 g/mol. The first-order valence-corrected chi connectivity index (χ1v) is 11.4. The van der Waals surface area contributed by atoms with E-state index in [0.717, 1.165) is 38.8 Å². The van der Waals surface area contributed by atoms with E-state index < -0.39 is 10.0 Å². The third-order valence-electron chi connectivity index (χ3n) is 4.86. The first-order chi connectivity index (χ1) is 14.2. The second-order valence-corrected chi connectivity index (χ2v) is 9.22. The lowest BCUT2D eigenvalue weighted by atomic mass is 10.1. The van der Waals surface area contributed by atoms with Crippen LogP contribution in [0, 0.1) is 20.8 Å². The molecule has 7 nitrogen and oxygen atoms in total. The number of hydrogen-bond donors (Lipinski definition) is 1. The molecule has 30 heavy (non-hydrogen) atoms. The summed E-state index contributed by atoms with van der Waals surface area (Å²) < 4.78 is 27.8. The number of carbonyl (C=O) groups is 1. The van der Waals surface area contributed by atoms with Gasteiger partial charge in [0.1, 0.15) is 12.4 Å². The van der Waals surface area contributed by atoms with E-state index in [2.05, 4.69) is 10.3 Å². The maximum absolute atomic E-state index is 12.7. The highest BCUT2D eigenvalue weighted by atomic mass is 32.2. The summed E-state index contributed by atoms with van der Waals surface area (Å²) in [6, 6.07) is 13.2. The number of hydrogen-bond acceptors (Lipinski definition) is 4. The quantitative estimate of drug-likeness (QED) is 0.630. The number of imidazole rings is 1. The lowest BCUT2D eigenvalue weighted by molar-refractivity contribution is -0.119. The third-order valence-corrected chi connectivity index (χ3v) is 5.99. The van der Waals surface area contributed by atoms with E-state index in [4.69, 9.17) is 0 Å². The number of aromatic nitrogens is 2. The van der Waals surface area contributed by atoms with Gasteiger partial charge < -0.3 is 9.88 Å². The van der Waals surface area contributed by atoms with Gasteiger partial charge in [-0.1, -0.05) is 35.9 Å². The number of nitrogens with zero attached hydrogens (tertiary/aromatic N) is 3. The van der Waals surface area contributed by atoms with E-state index in [-0.39, 0.29) is 19.0 Å². The van der Waals surface area contributed by atoms with Gasteiger partial charge in [0.15, 0.2) is 0 Å². The van der Waals surface area contributed by atoms with Crippen molar-refractivity contribution in [2.24, 2.45) is 0 Å². The van der Waals surface area contributed by atoms with Crippen LogP contribution in [-0.4, -0.2) is 36.7 Å². The van der Waals surface area contributed by atoms with Crippen LogP contribution < -0.4 is 9.62 Å². The molecule has 0 saturated heterocycles. The van der Waals surface area contributed by atoms with E-state index in [9.17, 15) is 13.2 Å². The molecule has 0 saturated carbocycles. The van der Waals surface area contributed by atoms with Crippen molar-refractivity contribution in [1.82, 2.24) is 14.9 Å². The van der Waals surface area contributed by atoms with Crippen LogP contribution in [0.15, 0.2) is 54.9 Å². The van der Waals surface area contributed by atoms with Gasteiger partial charge in [-0.15, -0.1) is 0 Å². The minimum atomic E-state index is -3.62. The Hall–Kier alpha value is -3.13.